The molecule has 6 heteroatoms. The van der Waals surface area contributed by atoms with Gasteiger partial charge in [0.2, 0.25) is 5.91 Å². The third-order valence-electron chi connectivity index (χ3n) is 3.33. The molecular formula is C17H27BN2O3. The Hall–Kier alpha value is -1.69. The highest BCUT2D eigenvalue weighted by atomic mass is 16.5. The van der Waals surface area contributed by atoms with Crippen LogP contribution in [0.25, 0.3) is 0 Å². The smallest absolute Gasteiger partial charge is 0.220 e. The van der Waals surface area contributed by atoms with Crippen molar-refractivity contribution in [3.8, 4) is 11.5 Å². The Balaban J connectivity index is 2.50. The molecule has 1 N–H and O–H groups in total. The van der Waals surface area contributed by atoms with Crippen LogP contribution in [0.3, 0.4) is 0 Å². The molecule has 1 aromatic rings. The average molecular weight is 318 g/mol. The van der Waals surface area contributed by atoms with E-state index in [1.165, 1.54) is 0 Å². The molecule has 0 atom stereocenters. The van der Waals surface area contributed by atoms with E-state index in [2.05, 4.69) is 12.2 Å². The summed E-state index contributed by atoms with van der Waals surface area (Å²) in [5.41, 5.74) is 1.03. The summed E-state index contributed by atoms with van der Waals surface area (Å²) in [6.07, 6.45) is 2.16. The maximum absolute atomic E-state index is 11.4. The minimum atomic E-state index is 0.0583. The van der Waals surface area contributed by atoms with Gasteiger partial charge in [0.05, 0.1) is 13.7 Å². The monoisotopic (exact) mass is 318 g/mol. The highest BCUT2D eigenvalue weighted by Crippen LogP contribution is 2.25. The summed E-state index contributed by atoms with van der Waals surface area (Å²) in [5, 5.41) is 2.77. The van der Waals surface area contributed by atoms with E-state index in [1.54, 1.807) is 11.9 Å². The zero-order valence-corrected chi connectivity index (χ0v) is 14.4. The minimum Gasteiger partial charge on any atom is -0.496 e. The van der Waals surface area contributed by atoms with Crippen LogP contribution in [0.15, 0.2) is 18.2 Å². The van der Waals surface area contributed by atoms with Crippen molar-refractivity contribution >= 4 is 13.9 Å². The van der Waals surface area contributed by atoms with Crippen LogP contribution in [0.4, 0.5) is 0 Å². The van der Waals surface area contributed by atoms with Gasteiger partial charge in [-0.1, -0.05) is 13.0 Å². The Morgan fingerprint density at radius 1 is 1.35 bits per heavy atom. The number of carbonyl (C=O) groups excluding carboxylic acids is 1. The molecular weight excluding hydrogens is 291 g/mol. The zero-order valence-electron chi connectivity index (χ0n) is 14.4. The molecule has 0 unspecified atom stereocenters. The van der Waals surface area contributed by atoms with Crippen LogP contribution in [0.5, 0.6) is 11.5 Å². The zero-order chi connectivity index (χ0) is 17.1. The van der Waals surface area contributed by atoms with Crippen molar-refractivity contribution in [2.75, 3.05) is 26.8 Å². The van der Waals surface area contributed by atoms with Crippen molar-refractivity contribution in [2.24, 2.45) is 0 Å². The Bertz CT molecular complexity index is 483. The molecule has 0 aliphatic heterocycles. The molecule has 126 valence electrons. The predicted octanol–water partition coefficient (Wildman–Crippen LogP) is 2.29. The van der Waals surface area contributed by atoms with Gasteiger partial charge >= 0.3 is 0 Å². The number of nitrogens with zero attached hydrogens (tertiary/aromatic N) is 1. The van der Waals surface area contributed by atoms with Crippen molar-refractivity contribution in [3.05, 3.63) is 23.8 Å². The van der Waals surface area contributed by atoms with Crippen molar-refractivity contribution in [1.82, 2.24) is 10.1 Å². The molecule has 0 fully saturated rings. The second-order valence-electron chi connectivity index (χ2n) is 5.35. The van der Waals surface area contributed by atoms with Crippen LogP contribution in [-0.4, -0.2) is 45.5 Å². The number of ether oxygens (including phenoxy) is 2. The van der Waals surface area contributed by atoms with Crippen LogP contribution in [0, 0.1) is 0 Å². The first-order valence-electron chi connectivity index (χ1n) is 8.16. The van der Waals surface area contributed by atoms with Gasteiger partial charge < -0.3 is 19.6 Å². The van der Waals surface area contributed by atoms with E-state index < -0.39 is 0 Å². The number of carbonyl (C=O) groups is 1. The van der Waals surface area contributed by atoms with Crippen LogP contribution in [0.1, 0.15) is 38.7 Å². The summed E-state index contributed by atoms with van der Waals surface area (Å²) in [7, 11) is 7.57. The second kappa shape index (κ2) is 10.9. The second-order valence-corrected chi connectivity index (χ2v) is 5.35. The molecule has 0 aliphatic carbocycles. The molecule has 5 nitrogen and oxygen atoms in total. The lowest BCUT2D eigenvalue weighted by Gasteiger charge is -2.18. The molecule has 23 heavy (non-hydrogen) atoms. The topological polar surface area (TPSA) is 50.8 Å². The molecule has 1 aromatic carbocycles. The first kappa shape index (κ1) is 19.4. The van der Waals surface area contributed by atoms with Gasteiger partial charge in [0.25, 0.3) is 0 Å². The molecule has 0 bridgehead atoms. The summed E-state index contributed by atoms with van der Waals surface area (Å²) in [4.78, 5) is 13.1. The Kier molecular flexibility index (Phi) is 9.21. The Morgan fingerprint density at radius 2 is 2.13 bits per heavy atom. The highest BCUT2D eigenvalue weighted by molar-refractivity contribution is 6.04. The van der Waals surface area contributed by atoms with Crippen molar-refractivity contribution in [3.63, 3.8) is 0 Å². The van der Waals surface area contributed by atoms with Crippen molar-refractivity contribution in [1.29, 1.82) is 0 Å². The Labute approximate surface area is 140 Å². The molecule has 0 saturated heterocycles. The Morgan fingerprint density at radius 3 is 2.78 bits per heavy atom. The van der Waals surface area contributed by atoms with Gasteiger partial charge in [-0.25, -0.2) is 0 Å². The van der Waals surface area contributed by atoms with Crippen LogP contribution in [0.2, 0.25) is 0 Å². The number of rotatable bonds is 11. The summed E-state index contributed by atoms with van der Waals surface area (Å²) in [6, 6.07) is 5.73. The molecule has 0 spiro atoms. The third-order valence-corrected chi connectivity index (χ3v) is 3.33. The maximum Gasteiger partial charge on any atom is 0.220 e. The quantitative estimate of drug-likeness (QED) is 0.502. The standard InChI is InChI=1S/C17H27BN2O3/c1-4-10-20(18)13-14-8-9-15(12-16(14)22-3)23-11-6-7-17(21)19-5-2/h8-9,12H,4-7,10-11,13H2,1-3H3,(H,19,21). The number of methoxy groups -OCH3 is 1. The molecule has 0 heterocycles. The van der Waals surface area contributed by atoms with Crippen LogP contribution >= 0.6 is 0 Å². The molecule has 1 amide bonds. The van der Waals surface area contributed by atoms with Gasteiger partial charge in [-0.05, 0) is 32.4 Å². The van der Waals surface area contributed by atoms with Gasteiger partial charge in [-0.2, -0.15) is 0 Å². The van der Waals surface area contributed by atoms with Crippen molar-refractivity contribution < 1.29 is 14.3 Å². The average Bonchev–Trinajstić information content (AvgIpc) is 2.53. The van der Waals surface area contributed by atoms with E-state index in [1.807, 2.05) is 25.1 Å². The first-order valence-corrected chi connectivity index (χ1v) is 8.16. The van der Waals surface area contributed by atoms with Gasteiger partial charge in [-0.15, -0.1) is 0 Å². The molecule has 0 aromatic heterocycles. The normalized spacial score (nSPS) is 10.6. The fraction of sp³-hybridized carbons (Fsp3) is 0.588. The van der Waals surface area contributed by atoms with E-state index in [9.17, 15) is 4.79 Å². The van der Waals surface area contributed by atoms with Gasteiger partial charge in [0.1, 0.15) is 11.5 Å². The lowest BCUT2D eigenvalue weighted by Crippen LogP contribution is -2.22. The van der Waals surface area contributed by atoms with Gasteiger partial charge in [0, 0.05) is 31.1 Å². The minimum absolute atomic E-state index is 0.0583. The number of amides is 1. The lowest BCUT2D eigenvalue weighted by atomic mass is 10.1. The summed E-state index contributed by atoms with van der Waals surface area (Å²) >= 11 is 0. The van der Waals surface area contributed by atoms with E-state index in [-0.39, 0.29) is 5.91 Å². The van der Waals surface area contributed by atoms with E-state index >= 15 is 0 Å². The van der Waals surface area contributed by atoms with Crippen molar-refractivity contribution in [2.45, 2.75) is 39.7 Å². The third kappa shape index (κ3) is 7.42. The molecule has 2 radical (unpaired) electrons. The molecule has 1 rings (SSSR count). The number of hydrogen-bond donors (Lipinski definition) is 1. The fourth-order valence-corrected chi connectivity index (χ4v) is 2.24. The summed E-state index contributed by atoms with van der Waals surface area (Å²) in [6.45, 7) is 6.63. The van der Waals surface area contributed by atoms with Crippen LogP contribution < -0.4 is 14.8 Å². The number of hydrogen-bond acceptors (Lipinski definition) is 4. The van der Waals surface area contributed by atoms with Gasteiger partial charge in [-0.3, -0.25) is 4.79 Å². The van der Waals surface area contributed by atoms with Crippen LogP contribution in [-0.2, 0) is 11.3 Å². The molecule has 0 aliphatic rings. The van der Waals surface area contributed by atoms with E-state index in [4.69, 9.17) is 17.5 Å². The largest absolute Gasteiger partial charge is 0.496 e. The molecule has 0 saturated carbocycles. The van der Waals surface area contributed by atoms with E-state index in [0.29, 0.717) is 32.5 Å². The SMILES string of the molecule is [B]N(CCC)Cc1ccc(OCCCC(=O)NCC)cc1OC. The number of benzene rings is 1. The first-order chi connectivity index (χ1) is 11.1. The summed E-state index contributed by atoms with van der Waals surface area (Å²) < 4.78 is 11.1. The maximum atomic E-state index is 11.4. The fourth-order valence-electron chi connectivity index (χ4n) is 2.24. The predicted molar refractivity (Wildman–Crippen MR) is 92.9 cm³/mol. The highest BCUT2D eigenvalue weighted by Gasteiger charge is 2.08. The summed E-state index contributed by atoms with van der Waals surface area (Å²) in [5.74, 6) is 1.56. The lowest BCUT2D eigenvalue weighted by molar-refractivity contribution is -0.121. The van der Waals surface area contributed by atoms with Gasteiger partial charge in [0.15, 0.2) is 7.98 Å². The number of nitrogens with one attached hydrogen (secondary N) is 1. The van der Waals surface area contributed by atoms with E-state index in [0.717, 1.165) is 30.0 Å².